The number of carbonyl (C=O) groups excluding carboxylic acids is 3. The number of nitrogens with zero attached hydrogens (tertiary/aromatic N) is 6. The smallest absolute Gasteiger partial charge is 0.306 e. The SMILES string of the molecule is CC=C1CC2C=Nc3cc(OCc4cc(OCCN(CCOCCOCCOC)CCC(=O)OC)cc(COc5cc6c(cc5OC)C(=O)N5CC(=CC)CC5C=N6)n4)c(OC)cc3C(=O)N2C1. The third-order valence-electron chi connectivity index (χ3n) is 12.2. The Labute approximate surface area is 397 Å². The van der Waals surface area contributed by atoms with Gasteiger partial charge in [0.15, 0.2) is 23.0 Å². The first-order chi connectivity index (χ1) is 33.1. The number of rotatable bonds is 24. The van der Waals surface area contributed by atoms with Crippen molar-refractivity contribution in [2.75, 3.05) is 101 Å². The highest BCUT2D eigenvalue weighted by Gasteiger charge is 2.36. The minimum atomic E-state index is -0.313. The van der Waals surface area contributed by atoms with Crippen LogP contribution in [0.4, 0.5) is 11.4 Å². The van der Waals surface area contributed by atoms with Crippen LogP contribution < -0.4 is 23.7 Å². The summed E-state index contributed by atoms with van der Waals surface area (Å²) in [5.41, 5.74) is 5.27. The lowest BCUT2D eigenvalue weighted by Crippen LogP contribution is -2.35. The van der Waals surface area contributed by atoms with Crippen molar-refractivity contribution < 1.29 is 57.0 Å². The van der Waals surface area contributed by atoms with Crippen LogP contribution in [0, 0.1) is 0 Å². The van der Waals surface area contributed by atoms with Gasteiger partial charge in [-0.3, -0.25) is 34.3 Å². The number of ether oxygens (including phenoxy) is 9. The van der Waals surface area contributed by atoms with Crippen LogP contribution in [0.1, 0.15) is 65.2 Å². The van der Waals surface area contributed by atoms with Crippen molar-refractivity contribution in [3.8, 4) is 28.7 Å². The quantitative estimate of drug-likeness (QED) is 0.0585. The van der Waals surface area contributed by atoms with Crippen LogP contribution in [-0.2, 0) is 37.0 Å². The van der Waals surface area contributed by atoms with Crippen molar-refractivity contribution in [2.45, 2.75) is 58.4 Å². The van der Waals surface area contributed by atoms with Gasteiger partial charge in [-0.1, -0.05) is 23.3 Å². The molecule has 2 fully saturated rings. The molecule has 0 radical (unpaired) electrons. The molecule has 2 unspecified atom stereocenters. The Bertz CT molecular complexity index is 2270. The van der Waals surface area contributed by atoms with Gasteiger partial charge in [0.2, 0.25) is 0 Å². The molecule has 7 rings (SSSR count). The Balaban J connectivity index is 1.09. The summed E-state index contributed by atoms with van der Waals surface area (Å²) in [7, 11) is 6.05. The van der Waals surface area contributed by atoms with Gasteiger partial charge in [-0.25, -0.2) is 0 Å². The molecule has 0 saturated carbocycles. The average molecular weight is 939 g/mol. The number of methoxy groups -OCH3 is 4. The molecule has 2 aromatic carbocycles. The maximum atomic E-state index is 13.7. The van der Waals surface area contributed by atoms with E-state index in [9.17, 15) is 14.4 Å². The molecule has 18 nitrogen and oxygen atoms in total. The number of hydrogen-bond donors (Lipinski definition) is 0. The van der Waals surface area contributed by atoms with Crippen LogP contribution in [0.25, 0.3) is 0 Å². The number of fused-ring (bicyclic) bond motifs is 4. The number of aliphatic imine (C=N–C) groups is 2. The number of pyridine rings is 1. The lowest BCUT2D eigenvalue weighted by molar-refractivity contribution is -0.141. The van der Waals surface area contributed by atoms with Crippen molar-refractivity contribution in [1.29, 1.82) is 0 Å². The van der Waals surface area contributed by atoms with Crippen LogP contribution >= 0.6 is 0 Å². The zero-order valence-electron chi connectivity index (χ0n) is 39.8. The summed E-state index contributed by atoms with van der Waals surface area (Å²) >= 11 is 0. The molecule has 0 aliphatic carbocycles. The van der Waals surface area contributed by atoms with Crippen molar-refractivity contribution >= 4 is 41.6 Å². The second-order valence-corrected chi connectivity index (χ2v) is 16.5. The molecule has 3 aromatic rings. The predicted octanol–water partition coefficient (Wildman–Crippen LogP) is 5.93. The summed E-state index contributed by atoms with van der Waals surface area (Å²) in [4.78, 5) is 59.6. The van der Waals surface area contributed by atoms with Crippen LogP contribution in [0.3, 0.4) is 0 Å². The molecule has 2 atom stereocenters. The van der Waals surface area contributed by atoms with Gasteiger partial charge in [0.25, 0.3) is 11.8 Å². The van der Waals surface area contributed by atoms with E-state index < -0.39 is 0 Å². The first-order valence-electron chi connectivity index (χ1n) is 22.9. The van der Waals surface area contributed by atoms with Crippen molar-refractivity contribution in [2.24, 2.45) is 9.98 Å². The molecule has 0 bridgehead atoms. The van der Waals surface area contributed by atoms with E-state index in [1.54, 1.807) is 43.5 Å². The Morgan fingerprint density at radius 2 is 1.16 bits per heavy atom. The van der Waals surface area contributed by atoms with E-state index in [-0.39, 0.29) is 56.1 Å². The van der Waals surface area contributed by atoms with E-state index in [2.05, 4.69) is 17.1 Å². The van der Waals surface area contributed by atoms with E-state index in [1.165, 1.54) is 32.5 Å². The highest BCUT2D eigenvalue weighted by molar-refractivity contribution is 6.04. The van der Waals surface area contributed by atoms with E-state index in [4.69, 9.17) is 57.6 Å². The Morgan fingerprint density at radius 1 is 0.647 bits per heavy atom. The molecule has 4 aliphatic rings. The van der Waals surface area contributed by atoms with Gasteiger partial charge in [-0.05, 0) is 38.8 Å². The van der Waals surface area contributed by atoms with Crippen LogP contribution in [0.5, 0.6) is 28.7 Å². The van der Waals surface area contributed by atoms with Gasteiger partial charge in [0, 0.05) is 76.5 Å². The lowest BCUT2D eigenvalue weighted by atomic mass is 10.1. The molecule has 68 heavy (non-hydrogen) atoms. The second-order valence-electron chi connectivity index (χ2n) is 16.5. The molecule has 1 aromatic heterocycles. The number of aromatic nitrogens is 1. The average Bonchev–Trinajstić information content (AvgIpc) is 3.93. The van der Waals surface area contributed by atoms with E-state index in [0.717, 1.165) is 12.8 Å². The summed E-state index contributed by atoms with van der Waals surface area (Å²) in [6.07, 6.45) is 9.44. The zero-order valence-corrected chi connectivity index (χ0v) is 39.8. The number of carbonyl (C=O) groups is 3. The normalized spacial score (nSPS) is 18.3. The lowest BCUT2D eigenvalue weighted by Gasteiger charge is -2.22. The molecule has 0 spiro atoms. The summed E-state index contributed by atoms with van der Waals surface area (Å²) in [5.74, 6) is 1.48. The largest absolute Gasteiger partial charge is 0.493 e. The minimum absolute atomic E-state index is 0.000217. The van der Waals surface area contributed by atoms with Crippen LogP contribution in [0.15, 0.2) is 69.7 Å². The van der Waals surface area contributed by atoms with Crippen molar-refractivity contribution in [3.63, 3.8) is 0 Å². The maximum absolute atomic E-state index is 13.7. The third kappa shape index (κ3) is 12.4. The Morgan fingerprint density at radius 3 is 1.66 bits per heavy atom. The minimum Gasteiger partial charge on any atom is -0.493 e. The molecule has 18 heteroatoms. The monoisotopic (exact) mass is 938 g/mol. The maximum Gasteiger partial charge on any atom is 0.306 e. The first kappa shape index (κ1) is 49.6. The standard InChI is InChI=1S/C50H62N6O12/c1-7-33-19-37-27-51-42-25-46(44(61-4)23-40(42)49(58)55(37)29-33)67-31-35-21-39(66-14-12-54(10-9-48(57)63-6)11-13-64-17-18-65-16-15-60-3)22-36(53-35)32-68-47-26-43-41(24-45(47)62-5)50(59)56-30-34(8-2)20-38(56)28-52-43/h7-8,21-28,37-38H,9-20,29-32H2,1-6H3. The number of allylic oxidation sites excluding steroid dienone is 2. The number of benzene rings is 2. The Kier molecular flexibility index (Phi) is 17.6. The molecule has 0 N–H and O–H groups in total. The van der Waals surface area contributed by atoms with Gasteiger partial charge < -0.3 is 52.4 Å². The van der Waals surface area contributed by atoms with Crippen molar-refractivity contribution in [3.05, 3.63) is 82.2 Å². The van der Waals surface area contributed by atoms with Gasteiger partial charge in [0.1, 0.15) is 25.6 Å². The summed E-state index contributed by atoms with van der Waals surface area (Å²) < 4.78 is 51.8. The van der Waals surface area contributed by atoms with Gasteiger partial charge in [0.05, 0.1) is 107 Å². The molecule has 2 amide bonds. The topological polar surface area (TPSA) is 182 Å². The summed E-state index contributed by atoms with van der Waals surface area (Å²) in [5, 5.41) is 0. The van der Waals surface area contributed by atoms with E-state index >= 15 is 0 Å². The van der Waals surface area contributed by atoms with Crippen LogP contribution in [-0.4, -0.2) is 163 Å². The molecule has 5 heterocycles. The molecule has 2 saturated heterocycles. The fourth-order valence-electron chi connectivity index (χ4n) is 8.32. The number of hydrogen-bond acceptors (Lipinski definition) is 16. The number of esters is 1. The predicted molar refractivity (Wildman–Crippen MR) is 254 cm³/mol. The summed E-state index contributed by atoms with van der Waals surface area (Å²) in [6, 6.07) is 10.1. The van der Waals surface area contributed by atoms with Gasteiger partial charge in [-0.15, -0.1) is 0 Å². The second kappa shape index (κ2) is 24.1. The van der Waals surface area contributed by atoms with E-state index in [1.807, 2.05) is 36.1 Å². The molecular weight excluding hydrogens is 877 g/mol. The zero-order chi connectivity index (χ0) is 48.0. The first-order valence-corrected chi connectivity index (χ1v) is 22.9. The summed E-state index contributed by atoms with van der Waals surface area (Å²) in [6.45, 7) is 9.12. The third-order valence-corrected chi connectivity index (χ3v) is 12.2. The highest BCUT2D eigenvalue weighted by Crippen LogP contribution is 2.41. The van der Waals surface area contributed by atoms with Gasteiger partial charge >= 0.3 is 5.97 Å². The van der Waals surface area contributed by atoms with Gasteiger partial charge in [-0.2, -0.15) is 0 Å². The van der Waals surface area contributed by atoms with Crippen molar-refractivity contribution in [1.82, 2.24) is 19.7 Å². The number of amides is 2. The molecular formula is C50H62N6O12. The fraction of sp³-hybridized carbons (Fsp3) is 0.480. The highest BCUT2D eigenvalue weighted by atomic mass is 16.5. The molecule has 364 valence electrons. The fourth-order valence-corrected chi connectivity index (χ4v) is 8.32. The molecule has 4 aliphatic heterocycles. The van der Waals surface area contributed by atoms with E-state index in [0.29, 0.717) is 128 Å². The van der Waals surface area contributed by atoms with Crippen LogP contribution in [0.2, 0.25) is 0 Å². The Hall–Kier alpha value is -6.34.